The summed E-state index contributed by atoms with van der Waals surface area (Å²) in [5.74, 6) is 0.929. The molecule has 0 bridgehead atoms. The number of piperidine rings is 1. The van der Waals surface area contributed by atoms with Gasteiger partial charge >= 0.3 is 0 Å². The van der Waals surface area contributed by atoms with E-state index < -0.39 is 0 Å². The minimum Gasteiger partial charge on any atom is -0.381 e. The fraction of sp³-hybridized carbons (Fsp3) is 0.423. The van der Waals surface area contributed by atoms with Crippen molar-refractivity contribution in [3.05, 3.63) is 78.1 Å². The highest BCUT2D eigenvalue weighted by molar-refractivity contribution is 5.55. The average molecular weight is 404 g/mol. The molecule has 1 saturated heterocycles. The molecule has 4 rings (SSSR count). The summed E-state index contributed by atoms with van der Waals surface area (Å²) in [7, 11) is 0. The van der Waals surface area contributed by atoms with Gasteiger partial charge in [0.25, 0.3) is 0 Å². The summed E-state index contributed by atoms with van der Waals surface area (Å²) in [6.07, 6.45) is 8.44. The van der Waals surface area contributed by atoms with E-state index in [9.17, 15) is 0 Å². The highest BCUT2D eigenvalue weighted by Gasteiger charge is 2.34. The fourth-order valence-electron chi connectivity index (χ4n) is 4.47. The highest BCUT2D eigenvalue weighted by atomic mass is 16.5. The first-order valence-electron chi connectivity index (χ1n) is 11.2. The number of nitrogens with zero attached hydrogens (tertiary/aromatic N) is 2. The number of aromatic nitrogens is 2. The number of rotatable bonds is 9. The molecular weight excluding hydrogens is 370 g/mol. The van der Waals surface area contributed by atoms with Crippen molar-refractivity contribution >= 4 is 0 Å². The van der Waals surface area contributed by atoms with E-state index in [1.54, 1.807) is 6.20 Å². The quantitative estimate of drug-likeness (QED) is 0.525. The second-order valence-electron chi connectivity index (χ2n) is 8.53. The zero-order valence-corrected chi connectivity index (χ0v) is 18.0. The number of aromatic amines is 1. The molecule has 0 atom stereocenters. The number of nitrogens with one attached hydrogen (secondary N) is 1. The number of hydrogen-bond donors (Lipinski definition) is 1. The van der Waals surface area contributed by atoms with Crippen LogP contribution in [0.2, 0.25) is 0 Å². The largest absolute Gasteiger partial charge is 0.381 e. The summed E-state index contributed by atoms with van der Waals surface area (Å²) in [4.78, 5) is 10.1. The third-order valence-corrected chi connectivity index (χ3v) is 6.45. The van der Waals surface area contributed by atoms with Crippen molar-refractivity contribution in [2.24, 2.45) is 5.41 Å². The molecular formula is C26H33N3O. The van der Waals surface area contributed by atoms with Crippen LogP contribution in [0.1, 0.15) is 37.3 Å². The standard InChI is InChI=1S/C26H33N3O/c1-2-30-21-26(13-12-22-6-4-3-5-7-22)14-18-29(19-15-26)20-23-8-10-24(11-9-23)25-27-16-17-28-25/h3-11,16-17H,2,12-15,18-21H2,1H3,(H,27,28). The second-order valence-corrected chi connectivity index (χ2v) is 8.53. The monoisotopic (exact) mass is 403 g/mol. The van der Waals surface area contributed by atoms with Gasteiger partial charge in [0.15, 0.2) is 0 Å². The molecule has 1 fully saturated rings. The van der Waals surface area contributed by atoms with Gasteiger partial charge in [-0.2, -0.15) is 0 Å². The van der Waals surface area contributed by atoms with Crippen LogP contribution in [-0.2, 0) is 17.7 Å². The number of aryl methyl sites for hydroxylation is 1. The van der Waals surface area contributed by atoms with Gasteiger partial charge in [-0.15, -0.1) is 0 Å². The second kappa shape index (κ2) is 10.1. The van der Waals surface area contributed by atoms with Crippen LogP contribution in [0.15, 0.2) is 67.0 Å². The van der Waals surface area contributed by atoms with E-state index in [1.165, 1.54) is 30.4 Å². The van der Waals surface area contributed by atoms with E-state index in [4.69, 9.17) is 4.74 Å². The molecule has 1 N–H and O–H groups in total. The van der Waals surface area contributed by atoms with Crippen LogP contribution < -0.4 is 0 Å². The maximum absolute atomic E-state index is 5.94. The van der Waals surface area contributed by atoms with E-state index in [-0.39, 0.29) is 0 Å². The Kier molecular flexibility index (Phi) is 6.98. The van der Waals surface area contributed by atoms with E-state index >= 15 is 0 Å². The molecule has 1 aromatic heterocycles. The van der Waals surface area contributed by atoms with E-state index in [0.29, 0.717) is 5.41 Å². The van der Waals surface area contributed by atoms with Crippen LogP contribution in [0.3, 0.4) is 0 Å². The van der Waals surface area contributed by atoms with E-state index in [0.717, 1.165) is 50.7 Å². The van der Waals surface area contributed by atoms with Gasteiger partial charge in [0, 0.05) is 31.1 Å². The number of likely N-dealkylation sites (tertiary alicyclic amines) is 1. The topological polar surface area (TPSA) is 41.1 Å². The Morgan fingerprint density at radius 2 is 1.77 bits per heavy atom. The van der Waals surface area contributed by atoms with Crippen LogP contribution in [0, 0.1) is 5.41 Å². The first-order chi connectivity index (χ1) is 14.8. The molecule has 4 nitrogen and oxygen atoms in total. The molecule has 158 valence electrons. The zero-order valence-electron chi connectivity index (χ0n) is 18.0. The molecule has 0 spiro atoms. The molecule has 3 aromatic rings. The van der Waals surface area contributed by atoms with Crippen LogP contribution in [0.4, 0.5) is 0 Å². The number of benzene rings is 2. The van der Waals surface area contributed by atoms with Crippen molar-refractivity contribution in [2.45, 2.75) is 39.2 Å². The fourth-order valence-corrected chi connectivity index (χ4v) is 4.47. The number of hydrogen-bond acceptors (Lipinski definition) is 3. The minimum absolute atomic E-state index is 0.311. The Hall–Kier alpha value is -2.43. The molecule has 0 unspecified atom stereocenters. The summed E-state index contributed by atoms with van der Waals surface area (Å²) >= 11 is 0. The summed E-state index contributed by atoms with van der Waals surface area (Å²) in [5, 5.41) is 0. The lowest BCUT2D eigenvalue weighted by atomic mass is 9.74. The third kappa shape index (κ3) is 5.38. The van der Waals surface area contributed by atoms with Gasteiger partial charge in [-0.3, -0.25) is 4.90 Å². The zero-order chi connectivity index (χ0) is 20.7. The molecule has 2 aromatic carbocycles. The molecule has 2 heterocycles. The Morgan fingerprint density at radius 1 is 1.00 bits per heavy atom. The lowest BCUT2D eigenvalue weighted by Gasteiger charge is -2.42. The molecule has 1 aliphatic rings. The molecule has 4 heteroatoms. The Morgan fingerprint density at radius 3 is 2.43 bits per heavy atom. The Balaban J connectivity index is 1.33. The number of ether oxygens (including phenoxy) is 1. The van der Waals surface area contributed by atoms with Crippen molar-refractivity contribution in [1.29, 1.82) is 0 Å². The van der Waals surface area contributed by atoms with Crippen LogP contribution >= 0.6 is 0 Å². The molecule has 0 saturated carbocycles. The smallest absolute Gasteiger partial charge is 0.137 e. The Labute approximate surface area is 180 Å². The average Bonchev–Trinajstić information content (AvgIpc) is 3.34. The SMILES string of the molecule is CCOCC1(CCc2ccccc2)CCN(Cc2ccc(-c3ncc[nH]3)cc2)CC1. The lowest BCUT2D eigenvalue weighted by Crippen LogP contribution is -2.42. The molecule has 0 radical (unpaired) electrons. The predicted octanol–water partition coefficient (Wildman–Crippen LogP) is 5.33. The maximum atomic E-state index is 5.94. The van der Waals surface area contributed by atoms with Gasteiger partial charge in [0.1, 0.15) is 5.82 Å². The highest BCUT2D eigenvalue weighted by Crippen LogP contribution is 2.37. The van der Waals surface area contributed by atoms with Crippen molar-refractivity contribution in [3.63, 3.8) is 0 Å². The van der Waals surface area contributed by atoms with Crippen molar-refractivity contribution in [2.75, 3.05) is 26.3 Å². The molecule has 1 aliphatic heterocycles. The van der Waals surface area contributed by atoms with Crippen LogP contribution in [-0.4, -0.2) is 41.2 Å². The summed E-state index contributed by atoms with van der Waals surface area (Å²) < 4.78 is 5.94. The summed E-state index contributed by atoms with van der Waals surface area (Å²) in [5.41, 5.74) is 4.25. The van der Waals surface area contributed by atoms with Crippen molar-refractivity contribution < 1.29 is 4.74 Å². The lowest BCUT2D eigenvalue weighted by molar-refractivity contribution is -0.00232. The maximum Gasteiger partial charge on any atom is 0.137 e. The summed E-state index contributed by atoms with van der Waals surface area (Å²) in [6.45, 7) is 7.10. The van der Waals surface area contributed by atoms with Crippen molar-refractivity contribution in [1.82, 2.24) is 14.9 Å². The van der Waals surface area contributed by atoms with Gasteiger partial charge < -0.3 is 9.72 Å². The first-order valence-corrected chi connectivity index (χ1v) is 11.2. The summed E-state index contributed by atoms with van der Waals surface area (Å²) in [6, 6.07) is 19.7. The van der Waals surface area contributed by atoms with Crippen LogP contribution in [0.5, 0.6) is 0 Å². The van der Waals surface area contributed by atoms with Crippen molar-refractivity contribution in [3.8, 4) is 11.4 Å². The molecule has 0 aliphatic carbocycles. The molecule has 30 heavy (non-hydrogen) atoms. The van der Waals surface area contributed by atoms with Crippen LogP contribution in [0.25, 0.3) is 11.4 Å². The minimum atomic E-state index is 0.311. The van der Waals surface area contributed by atoms with Gasteiger partial charge in [-0.05, 0) is 62.2 Å². The number of H-pyrrole nitrogens is 1. The van der Waals surface area contributed by atoms with E-state index in [2.05, 4.69) is 76.4 Å². The van der Waals surface area contributed by atoms with E-state index in [1.807, 2.05) is 6.20 Å². The molecule has 0 amide bonds. The van der Waals surface area contributed by atoms with Gasteiger partial charge in [0.05, 0.1) is 6.61 Å². The predicted molar refractivity (Wildman–Crippen MR) is 122 cm³/mol. The normalized spacial score (nSPS) is 16.6. The Bertz CT molecular complexity index is 866. The number of imidazole rings is 1. The third-order valence-electron chi connectivity index (χ3n) is 6.45. The van der Waals surface area contributed by atoms with Gasteiger partial charge in [0.2, 0.25) is 0 Å². The first kappa shape index (κ1) is 20.8. The van der Waals surface area contributed by atoms with Gasteiger partial charge in [-0.25, -0.2) is 4.98 Å². The van der Waals surface area contributed by atoms with Gasteiger partial charge in [-0.1, -0.05) is 54.6 Å².